The van der Waals surface area contributed by atoms with E-state index in [0.717, 1.165) is 22.2 Å². The van der Waals surface area contributed by atoms with Crippen LogP contribution in [0.3, 0.4) is 0 Å². The van der Waals surface area contributed by atoms with Crippen LogP contribution in [0.4, 0.5) is 0 Å². The van der Waals surface area contributed by atoms with Gasteiger partial charge >= 0.3 is 0 Å². The second-order valence-electron chi connectivity index (χ2n) is 4.38. The van der Waals surface area contributed by atoms with Crippen LogP contribution in [0.1, 0.15) is 21.5 Å². The van der Waals surface area contributed by atoms with Crippen LogP contribution in [-0.4, -0.2) is 12.4 Å². The summed E-state index contributed by atoms with van der Waals surface area (Å²) < 4.78 is 6.16. The van der Waals surface area contributed by atoms with Gasteiger partial charge in [0, 0.05) is 22.0 Å². The summed E-state index contributed by atoms with van der Waals surface area (Å²) in [6.45, 7) is 0.694. The molecule has 1 aliphatic rings. The monoisotopic (exact) mass is 336 g/mol. The van der Waals surface area contributed by atoms with Crippen LogP contribution >= 0.6 is 27.5 Å². The summed E-state index contributed by atoms with van der Waals surface area (Å²) in [5.74, 6) is 0.876. The molecule has 2 nitrogen and oxygen atoms in total. The van der Waals surface area contributed by atoms with Crippen LogP contribution in [0.5, 0.6) is 5.75 Å². The van der Waals surface area contributed by atoms with E-state index in [-0.39, 0.29) is 5.78 Å². The molecule has 0 amide bonds. The molecule has 2 aromatic carbocycles. The second-order valence-corrected chi connectivity index (χ2v) is 5.64. The summed E-state index contributed by atoms with van der Waals surface area (Å²) in [5, 5.41) is 0.596. The first kappa shape index (κ1) is 12.7. The standard InChI is InChI=1S/C15H10BrClO2/c16-12-8-11(1-3-13(12)17)15(18)10-2-4-14-9(7-10)5-6-19-14/h1-4,7-8H,5-6H2. The number of rotatable bonds is 2. The molecule has 0 atom stereocenters. The first-order valence-corrected chi connectivity index (χ1v) is 7.08. The molecule has 0 aromatic heterocycles. The number of hydrogen-bond acceptors (Lipinski definition) is 2. The third kappa shape index (κ3) is 2.40. The van der Waals surface area contributed by atoms with Crippen molar-refractivity contribution in [3.63, 3.8) is 0 Å². The number of fused-ring (bicyclic) bond motifs is 1. The van der Waals surface area contributed by atoms with Gasteiger partial charge in [0.2, 0.25) is 0 Å². The Balaban J connectivity index is 1.97. The highest BCUT2D eigenvalue weighted by Crippen LogP contribution is 2.28. The number of carbonyl (C=O) groups excluding carboxylic acids is 1. The molecule has 96 valence electrons. The van der Waals surface area contributed by atoms with Crippen molar-refractivity contribution in [1.82, 2.24) is 0 Å². The molecular formula is C15H10BrClO2. The maximum Gasteiger partial charge on any atom is 0.193 e. The van der Waals surface area contributed by atoms with Gasteiger partial charge in [-0.05, 0) is 57.9 Å². The molecule has 3 rings (SSSR count). The summed E-state index contributed by atoms with van der Waals surface area (Å²) in [6.07, 6.45) is 0.862. The lowest BCUT2D eigenvalue weighted by Gasteiger charge is -2.05. The van der Waals surface area contributed by atoms with Crippen molar-refractivity contribution in [2.24, 2.45) is 0 Å². The molecular weight excluding hydrogens is 328 g/mol. The number of ketones is 1. The minimum absolute atomic E-state index is 0.00735. The molecule has 0 spiro atoms. The summed E-state index contributed by atoms with van der Waals surface area (Å²) in [6, 6.07) is 10.8. The highest BCUT2D eigenvalue weighted by atomic mass is 79.9. The quantitative estimate of drug-likeness (QED) is 0.765. The Labute approximate surface area is 124 Å². The van der Waals surface area contributed by atoms with Crippen LogP contribution in [0.2, 0.25) is 5.02 Å². The van der Waals surface area contributed by atoms with Crippen molar-refractivity contribution in [2.45, 2.75) is 6.42 Å². The number of halogens is 2. The number of hydrogen-bond donors (Lipinski definition) is 0. The van der Waals surface area contributed by atoms with Gasteiger partial charge in [-0.3, -0.25) is 4.79 Å². The van der Waals surface area contributed by atoms with Crippen molar-refractivity contribution < 1.29 is 9.53 Å². The Morgan fingerprint density at radius 3 is 2.68 bits per heavy atom. The first-order chi connectivity index (χ1) is 9.15. The lowest BCUT2D eigenvalue weighted by molar-refractivity contribution is 0.103. The van der Waals surface area contributed by atoms with Crippen molar-refractivity contribution >= 4 is 33.3 Å². The molecule has 0 saturated carbocycles. The fourth-order valence-electron chi connectivity index (χ4n) is 2.13. The van der Waals surface area contributed by atoms with E-state index in [1.54, 1.807) is 24.3 Å². The van der Waals surface area contributed by atoms with Gasteiger partial charge in [0.05, 0.1) is 11.6 Å². The molecule has 1 aliphatic heterocycles. The maximum absolute atomic E-state index is 12.4. The van der Waals surface area contributed by atoms with Crippen molar-refractivity contribution in [1.29, 1.82) is 0 Å². The second kappa shape index (κ2) is 4.99. The Morgan fingerprint density at radius 1 is 1.16 bits per heavy atom. The predicted molar refractivity (Wildman–Crippen MR) is 78.2 cm³/mol. The normalized spacial score (nSPS) is 12.9. The molecule has 0 saturated heterocycles. The molecule has 0 unspecified atom stereocenters. The van der Waals surface area contributed by atoms with Crippen LogP contribution in [-0.2, 0) is 6.42 Å². The Kier molecular flexibility index (Phi) is 3.33. The molecule has 0 N–H and O–H groups in total. The number of benzene rings is 2. The van der Waals surface area contributed by atoms with Gasteiger partial charge in [-0.2, -0.15) is 0 Å². The van der Waals surface area contributed by atoms with Crippen LogP contribution in [0.15, 0.2) is 40.9 Å². The minimum atomic E-state index is -0.00735. The van der Waals surface area contributed by atoms with Gasteiger partial charge in [0.25, 0.3) is 0 Å². The van der Waals surface area contributed by atoms with E-state index in [1.807, 2.05) is 12.1 Å². The molecule has 0 bridgehead atoms. The third-order valence-electron chi connectivity index (χ3n) is 3.13. The summed E-state index contributed by atoms with van der Waals surface area (Å²) in [4.78, 5) is 12.4. The van der Waals surface area contributed by atoms with Gasteiger partial charge in [-0.25, -0.2) is 0 Å². The van der Waals surface area contributed by atoms with E-state index >= 15 is 0 Å². The van der Waals surface area contributed by atoms with Gasteiger partial charge in [0.1, 0.15) is 5.75 Å². The van der Waals surface area contributed by atoms with Gasteiger partial charge in [-0.15, -0.1) is 0 Å². The van der Waals surface area contributed by atoms with Crippen LogP contribution < -0.4 is 4.74 Å². The zero-order valence-electron chi connectivity index (χ0n) is 9.95. The zero-order chi connectivity index (χ0) is 13.4. The summed E-state index contributed by atoms with van der Waals surface area (Å²) in [7, 11) is 0. The Morgan fingerprint density at radius 2 is 1.89 bits per heavy atom. The Bertz CT molecular complexity index is 667. The highest BCUT2D eigenvalue weighted by Gasteiger charge is 2.16. The molecule has 0 fully saturated rings. The van der Waals surface area contributed by atoms with Crippen molar-refractivity contribution in [3.05, 3.63) is 62.6 Å². The maximum atomic E-state index is 12.4. The van der Waals surface area contributed by atoms with E-state index in [4.69, 9.17) is 16.3 Å². The van der Waals surface area contributed by atoms with Gasteiger partial charge in [0.15, 0.2) is 5.78 Å². The predicted octanol–water partition coefficient (Wildman–Crippen LogP) is 4.27. The highest BCUT2D eigenvalue weighted by molar-refractivity contribution is 9.10. The Hall–Kier alpha value is -1.32. The third-order valence-corrected chi connectivity index (χ3v) is 4.35. The molecule has 2 aromatic rings. The topological polar surface area (TPSA) is 26.3 Å². The minimum Gasteiger partial charge on any atom is -0.493 e. The average Bonchev–Trinajstić information content (AvgIpc) is 2.88. The summed E-state index contributed by atoms with van der Waals surface area (Å²) >= 11 is 9.27. The molecule has 19 heavy (non-hydrogen) atoms. The largest absolute Gasteiger partial charge is 0.493 e. The van der Waals surface area contributed by atoms with Gasteiger partial charge < -0.3 is 4.74 Å². The van der Waals surface area contributed by atoms with E-state index < -0.39 is 0 Å². The van der Waals surface area contributed by atoms with E-state index in [0.29, 0.717) is 22.8 Å². The zero-order valence-corrected chi connectivity index (χ0v) is 12.3. The molecule has 0 aliphatic carbocycles. The molecule has 1 heterocycles. The molecule has 0 radical (unpaired) electrons. The first-order valence-electron chi connectivity index (χ1n) is 5.90. The van der Waals surface area contributed by atoms with E-state index in [1.165, 1.54) is 0 Å². The lowest BCUT2D eigenvalue weighted by atomic mass is 10.0. The van der Waals surface area contributed by atoms with Crippen molar-refractivity contribution in [3.8, 4) is 5.75 Å². The molecule has 4 heteroatoms. The average molecular weight is 338 g/mol. The number of ether oxygens (including phenoxy) is 1. The lowest BCUT2D eigenvalue weighted by Crippen LogP contribution is -2.01. The van der Waals surface area contributed by atoms with Crippen LogP contribution in [0, 0.1) is 0 Å². The van der Waals surface area contributed by atoms with Crippen LogP contribution in [0.25, 0.3) is 0 Å². The fraction of sp³-hybridized carbons (Fsp3) is 0.133. The number of carbonyl (C=O) groups is 1. The van der Waals surface area contributed by atoms with Gasteiger partial charge in [-0.1, -0.05) is 11.6 Å². The summed E-state index contributed by atoms with van der Waals surface area (Å²) in [5.41, 5.74) is 2.40. The fourth-order valence-corrected chi connectivity index (χ4v) is 2.63. The SMILES string of the molecule is O=C(c1ccc(Cl)c(Br)c1)c1ccc2c(c1)CCO2. The van der Waals surface area contributed by atoms with E-state index in [9.17, 15) is 4.79 Å². The smallest absolute Gasteiger partial charge is 0.193 e. The van der Waals surface area contributed by atoms with Crippen molar-refractivity contribution in [2.75, 3.05) is 6.61 Å². The van der Waals surface area contributed by atoms with E-state index in [2.05, 4.69) is 15.9 Å².